The average molecular weight is 544 g/mol. The lowest BCUT2D eigenvalue weighted by molar-refractivity contribution is -0.190. The van der Waals surface area contributed by atoms with Crippen LogP contribution in [0.3, 0.4) is 0 Å². The van der Waals surface area contributed by atoms with Gasteiger partial charge in [0, 0.05) is 42.6 Å². The summed E-state index contributed by atoms with van der Waals surface area (Å²) in [6.45, 7) is 3.26. The summed E-state index contributed by atoms with van der Waals surface area (Å²) >= 11 is 0. The molecule has 2 aromatic carbocycles. The van der Waals surface area contributed by atoms with Gasteiger partial charge < -0.3 is 15.5 Å². The van der Waals surface area contributed by atoms with Gasteiger partial charge in [0.25, 0.3) is 0 Å². The summed E-state index contributed by atoms with van der Waals surface area (Å²) in [5, 5.41) is 0. The Labute approximate surface area is 227 Å². The molecule has 0 saturated carbocycles. The van der Waals surface area contributed by atoms with E-state index in [4.69, 9.17) is 5.73 Å². The first kappa shape index (κ1) is 28.8. The number of rotatable bonds is 8. The van der Waals surface area contributed by atoms with E-state index in [1.165, 1.54) is 13.8 Å². The van der Waals surface area contributed by atoms with Crippen LogP contribution in [0.1, 0.15) is 67.4 Å². The largest absolute Gasteiger partial charge is 0.471 e. The second-order valence-electron chi connectivity index (χ2n) is 11.6. The van der Waals surface area contributed by atoms with Crippen LogP contribution >= 0.6 is 0 Å². The maximum absolute atomic E-state index is 13.9. The number of aryl methyl sites for hydroxylation is 1. The lowest BCUT2D eigenvalue weighted by atomic mass is 9.73. The minimum Gasteiger partial charge on any atom is -0.341 e. The normalized spacial score (nSPS) is 17.7. The maximum Gasteiger partial charge on any atom is 0.471 e. The van der Waals surface area contributed by atoms with Gasteiger partial charge >= 0.3 is 12.1 Å². The van der Waals surface area contributed by atoms with Gasteiger partial charge in [-0.2, -0.15) is 13.2 Å². The highest BCUT2D eigenvalue weighted by molar-refractivity contribution is 6.02. The zero-order chi connectivity index (χ0) is 28.4. The molecule has 1 heterocycles. The Hall–Kier alpha value is -3.20. The van der Waals surface area contributed by atoms with E-state index in [1.807, 2.05) is 54.6 Å². The Bertz CT molecular complexity index is 1200. The molecule has 1 aliphatic heterocycles. The van der Waals surface area contributed by atoms with Crippen LogP contribution in [0.15, 0.2) is 54.6 Å². The van der Waals surface area contributed by atoms with Gasteiger partial charge in [-0.05, 0) is 57.1 Å². The number of carbonyl (C=O) groups excluding carboxylic acids is 3. The van der Waals surface area contributed by atoms with Gasteiger partial charge in [-0.15, -0.1) is 0 Å². The molecular weight excluding hydrogens is 507 g/mol. The van der Waals surface area contributed by atoms with Crippen molar-refractivity contribution >= 4 is 17.6 Å². The van der Waals surface area contributed by atoms with Crippen molar-refractivity contribution in [3.8, 4) is 0 Å². The standard InChI is InChI=1S/C30H36F3N3O3/c1-28(2,34)20-36(27(39)30(31,32)33)24(14-8-11-21-9-4-3-5-10-21)26(38)35-17-15-29(16-18-35)19-25(37)22-12-6-7-13-23(22)29/h3-7,9-10,12-13,24H,8,11,14-20,34H2,1-2H3/t24-/m1/s1. The lowest BCUT2D eigenvalue weighted by Crippen LogP contribution is -2.60. The molecule has 1 saturated heterocycles. The first-order valence-electron chi connectivity index (χ1n) is 13.4. The molecule has 39 heavy (non-hydrogen) atoms. The van der Waals surface area contributed by atoms with Crippen molar-refractivity contribution in [3.63, 3.8) is 0 Å². The number of ketones is 1. The molecule has 1 fully saturated rings. The fourth-order valence-corrected chi connectivity index (χ4v) is 5.98. The fraction of sp³-hybridized carbons (Fsp3) is 0.500. The Morgan fingerprint density at radius 3 is 2.26 bits per heavy atom. The topological polar surface area (TPSA) is 83.7 Å². The third kappa shape index (κ3) is 6.52. The van der Waals surface area contributed by atoms with Crippen LogP contribution in [0, 0.1) is 0 Å². The van der Waals surface area contributed by atoms with E-state index in [0.717, 1.165) is 11.1 Å². The van der Waals surface area contributed by atoms with Gasteiger partial charge in [0.05, 0.1) is 0 Å². The predicted molar refractivity (Wildman–Crippen MR) is 142 cm³/mol. The van der Waals surface area contributed by atoms with Crippen LogP contribution in [0.25, 0.3) is 0 Å². The number of likely N-dealkylation sites (tertiary alicyclic amines) is 1. The van der Waals surface area contributed by atoms with Gasteiger partial charge in [-0.3, -0.25) is 14.4 Å². The molecule has 1 aliphatic carbocycles. The summed E-state index contributed by atoms with van der Waals surface area (Å²) in [7, 11) is 0. The Morgan fingerprint density at radius 2 is 1.64 bits per heavy atom. The minimum atomic E-state index is -5.14. The third-order valence-corrected chi connectivity index (χ3v) is 7.86. The number of alkyl halides is 3. The fourth-order valence-electron chi connectivity index (χ4n) is 5.98. The zero-order valence-electron chi connectivity index (χ0n) is 22.5. The van der Waals surface area contributed by atoms with Crippen molar-refractivity contribution in [1.82, 2.24) is 9.80 Å². The highest BCUT2D eigenvalue weighted by atomic mass is 19.4. The number of Topliss-reactive ketones (excluding diaryl/α,β-unsaturated/α-hetero) is 1. The first-order chi connectivity index (χ1) is 18.3. The number of amides is 2. The molecule has 1 spiro atoms. The smallest absolute Gasteiger partial charge is 0.341 e. The van der Waals surface area contributed by atoms with Crippen molar-refractivity contribution in [3.05, 3.63) is 71.3 Å². The molecular formula is C30H36F3N3O3. The summed E-state index contributed by atoms with van der Waals surface area (Å²) in [4.78, 5) is 41.3. The molecule has 1 atom stereocenters. The molecule has 2 amide bonds. The molecule has 210 valence electrons. The summed E-state index contributed by atoms with van der Waals surface area (Å²) in [6.07, 6.45) is -2.63. The second-order valence-corrected chi connectivity index (χ2v) is 11.6. The number of halogens is 3. The third-order valence-electron chi connectivity index (χ3n) is 7.86. The Balaban J connectivity index is 1.56. The van der Waals surface area contributed by atoms with Crippen LogP contribution in [0.4, 0.5) is 13.2 Å². The van der Waals surface area contributed by atoms with E-state index in [0.29, 0.717) is 55.7 Å². The van der Waals surface area contributed by atoms with E-state index in [9.17, 15) is 27.6 Å². The minimum absolute atomic E-state index is 0.0780. The number of hydrogen-bond donors (Lipinski definition) is 1. The quantitative estimate of drug-likeness (QED) is 0.525. The summed E-state index contributed by atoms with van der Waals surface area (Å²) in [5.41, 5.74) is 7.26. The number of fused-ring (bicyclic) bond motifs is 2. The van der Waals surface area contributed by atoms with Crippen LogP contribution in [-0.2, 0) is 21.4 Å². The van der Waals surface area contributed by atoms with Crippen LogP contribution in [0.2, 0.25) is 0 Å². The molecule has 4 rings (SSSR count). The Morgan fingerprint density at radius 1 is 1.03 bits per heavy atom. The zero-order valence-corrected chi connectivity index (χ0v) is 22.5. The summed E-state index contributed by atoms with van der Waals surface area (Å²) in [5.74, 6) is -2.48. The molecule has 0 unspecified atom stereocenters. The molecule has 9 heteroatoms. The van der Waals surface area contributed by atoms with E-state index < -0.39 is 36.1 Å². The van der Waals surface area contributed by atoms with Gasteiger partial charge in [0.1, 0.15) is 6.04 Å². The van der Waals surface area contributed by atoms with E-state index in [2.05, 4.69) is 0 Å². The van der Waals surface area contributed by atoms with Crippen LogP contribution in [-0.4, -0.2) is 64.8 Å². The highest BCUT2D eigenvalue weighted by Gasteiger charge is 2.49. The number of piperidine rings is 1. The van der Waals surface area contributed by atoms with Crippen molar-refractivity contribution in [2.45, 2.75) is 75.5 Å². The van der Waals surface area contributed by atoms with Crippen LogP contribution in [0.5, 0.6) is 0 Å². The lowest BCUT2D eigenvalue weighted by Gasteiger charge is -2.43. The first-order valence-corrected chi connectivity index (χ1v) is 13.4. The van der Waals surface area contributed by atoms with Crippen LogP contribution < -0.4 is 5.73 Å². The summed E-state index contributed by atoms with van der Waals surface area (Å²) in [6, 6.07) is 15.7. The van der Waals surface area contributed by atoms with E-state index in [-0.39, 0.29) is 17.6 Å². The molecule has 2 aromatic rings. The van der Waals surface area contributed by atoms with Gasteiger partial charge in [0.2, 0.25) is 5.91 Å². The van der Waals surface area contributed by atoms with Crippen molar-refractivity contribution < 1.29 is 27.6 Å². The van der Waals surface area contributed by atoms with E-state index >= 15 is 0 Å². The molecule has 0 bridgehead atoms. The molecule has 0 aromatic heterocycles. The van der Waals surface area contributed by atoms with E-state index in [1.54, 1.807) is 4.90 Å². The van der Waals surface area contributed by atoms with Crippen molar-refractivity contribution in [1.29, 1.82) is 0 Å². The molecule has 2 N–H and O–H groups in total. The number of carbonyl (C=O) groups is 3. The second kappa shape index (κ2) is 11.1. The number of hydrogen-bond acceptors (Lipinski definition) is 4. The van der Waals surface area contributed by atoms with Gasteiger partial charge in [-0.25, -0.2) is 0 Å². The molecule has 2 aliphatic rings. The molecule has 0 radical (unpaired) electrons. The number of nitrogens with zero attached hydrogens (tertiary/aromatic N) is 2. The number of nitrogens with two attached hydrogens (primary N) is 1. The number of benzene rings is 2. The average Bonchev–Trinajstić information content (AvgIpc) is 3.15. The Kier molecular flexibility index (Phi) is 8.21. The van der Waals surface area contributed by atoms with Crippen molar-refractivity contribution in [2.24, 2.45) is 5.73 Å². The predicted octanol–water partition coefficient (Wildman–Crippen LogP) is 4.65. The maximum atomic E-state index is 13.9. The molecule has 6 nitrogen and oxygen atoms in total. The van der Waals surface area contributed by atoms with Crippen molar-refractivity contribution in [2.75, 3.05) is 19.6 Å². The SMILES string of the molecule is CC(C)(N)CN(C(=O)C(F)(F)F)[C@H](CCCc1ccccc1)C(=O)N1CCC2(CC1)CC(=O)c1ccccc12. The van der Waals surface area contributed by atoms with Gasteiger partial charge in [-0.1, -0.05) is 54.6 Å². The van der Waals surface area contributed by atoms with Gasteiger partial charge in [0.15, 0.2) is 5.78 Å². The summed E-state index contributed by atoms with van der Waals surface area (Å²) < 4.78 is 41.1. The highest BCUT2D eigenvalue weighted by Crippen LogP contribution is 2.46. The monoisotopic (exact) mass is 543 g/mol.